The maximum atomic E-state index is 2.26. The van der Waals surface area contributed by atoms with E-state index in [1.165, 1.54) is 11.3 Å². The summed E-state index contributed by atoms with van der Waals surface area (Å²) < 4.78 is 2.18. The van der Waals surface area contributed by atoms with Gasteiger partial charge in [0.05, 0.1) is 0 Å². The largest absolute Gasteiger partial charge is 0.324 e. The van der Waals surface area contributed by atoms with Crippen LogP contribution in [-0.4, -0.2) is 4.57 Å². The molecule has 0 spiro atoms. The standard InChI is InChI=1S/C14H17N/c1-12(2)11-13-7-3-4-8-14(13)15-9-5-6-10-15/h3-10,12H,11H2,1-2H3. The Morgan fingerprint density at radius 2 is 1.67 bits per heavy atom. The van der Waals surface area contributed by atoms with Crippen LogP contribution in [0.4, 0.5) is 0 Å². The van der Waals surface area contributed by atoms with Gasteiger partial charge in [0.2, 0.25) is 0 Å². The Bertz CT molecular complexity index is 413. The highest BCUT2D eigenvalue weighted by Crippen LogP contribution is 2.17. The highest BCUT2D eigenvalue weighted by molar-refractivity contribution is 5.41. The van der Waals surface area contributed by atoms with Gasteiger partial charge in [0.1, 0.15) is 0 Å². The minimum absolute atomic E-state index is 0.696. The Balaban J connectivity index is 2.38. The molecule has 0 fully saturated rings. The van der Waals surface area contributed by atoms with Crippen molar-refractivity contribution in [2.75, 3.05) is 0 Å². The molecule has 0 saturated carbocycles. The molecule has 1 heterocycles. The first-order valence-corrected chi connectivity index (χ1v) is 5.48. The van der Waals surface area contributed by atoms with Crippen LogP contribution in [0.3, 0.4) is 0 Å². The van der Waals surface area contributed by atoms with E-state index in [4.69, 9.17) is 0 Å². The van der Waals surface area contributed by atoms with Gasteiger partial charge in [-0.2, -0.15) is 0 Å². The van der Waals surface area contributed by atoms with Crippen molar-refractivity contribution in [2.24, 2.45) is 5.92 Å². The summed E-state index contributed by atoms with van der Waals surface area (Å²) in [5, 5.41) is 0. The van der Waals surface area contributed by atoms with Gasteiger partial charge in [0.25, 0.3) is 0 Å². The molecule has 0 aliphatic rings. The zero-order chi connectivity index (χ0) is 10.7. The highest BCUT2D eigenvalue weighted by atomic mass is 14.9. The second-order valence-electron chi connectivity index (χ2n) is 4.32. The van der Waals surface area contributed by atoms with Crippen molar-refractivity contribution < 1.29 is 0 Å². The lowest BCUT2D eigenvalue weighted by Crippen LogP contribution is -2.00. The monoisotopic (exact) mass is 199 g/mol. The summed E-state index contributed by atoms with van der Waals surface area (Å²) in [4.78, 5) is 0. The van der Waals surface area contributed by atoms with Crippen molar-refractivity contribution in [1.82, 2.24) is 4.57 Å². The quantitative estimate of drug-likeness (QED) is 0.710. The van der Waals surface area contributed by atoms with Crippen LogP contribution in [0.25, 0.3) is 5.69 Å². The summed E-state index contributed by atoms with van der Waals surface area (Å²) >= 11 is 0. The Hall–Kier alpha value is -1.50. The lowest BCUT2D eigenvalue weighted by atomic mass is 10.0. The third-order valence-corrected chi connectivity index (χ3v) is 2.50. The van der Waals surface area contributed by atoms with E-state index in [-0.39, 0.29) is 0 Å². The van der Waals surface area contributed by atoms with E-state index in [1.807, 2.05) is 0 Å². The predicted octanol–water partition coefficient (Wildman–Crippen LogP) is 3.68. The summed E-state index contributed by atoms with van der Waals surface area (Å²) in [6, 6.07) is 12.7. The van der Waals surface area contributed by atoms with Gasteiger partial charge in [0.15, 0.2) is 0 Å². The number of rotatable bonds is 3. The third-order valence-electron chi connectivity index (χ3n) is 2.50. The van der Waals surface area contributed by atoms with Gasteiger partial charge < -0.3 is 4.57 Å². The molecule has 15 heavy (non-hydrogen) atoms. The fourth-order valence-electron chi connectivity index (χ4n) is 1.87. The van der Waals surface area contributed by atoms with Crippen molar-refractivity contribution in [3.63, 3.8) is 0 Å². The van der Waals surface area contributed by atoms with Crippen molar-refractivity contribution >= 4 is 0 Å². The molecule has 0 aliphatic heterocycles. The van der Waals surface area contributed by atoms with Crippen LogP contribution in [0, 0.1) is 5.92 Å². The number of hydrogen-bond donors (Lipinski definition) is 0. The lowest BCUT2D eigenvalue weighted by molar-refractivity contribution is 0.645. The van der Waals surface area contributed by atoms with Gasteiger partial charge in [0, 0.05) is 18.1 Å². The van der Waals surface area contributed by atoms with Crippen LogP contribution >= 0.6 is 0 Å². The smallest absolute Gasteiger partial charge is 0.0481 e. The molecule has 1 aromatic heterocycles. The minimum Gasteiger partial charge on any atom is -0.324 e. The first kappa shape index (κ1) is 10.0. The maximum absolute atomic E-state index is 2.26. The zero-order valence-electron chi connectivity index (χ0n) is 9.35. The second kappa shape index (κ2) is 4.35. The first-order valence-electron chi connectivity index (χ1n) is 5.48. The average molecular weight is 199 g/mol. The van der Waals surface area contributed by atoms with E-state index in [1.54, 1.807) is 0 Å². The van der Waals surface area contributed by atoms with E-state index in [0.29, 0.717) is 5.92 Å². The Morgan fingerprint density at radius 1 is 1.00 bits per heavy atom. The minimum atomic E-state index is 0.696. The number of benzene rings is 1. The summed E-state index contributed by atoms with van der Waals surface area (Å²) in [6.07, 6.45) is 5.33. The number of aromatic nitrogens is 1. The third kappa shape index (κ3) is 2.30. The molecule has 0 amide bonds. The topological polar surface area (TPSA) is 4.93 Å². The van der Waals surface area contributed by atoms with Crippen LogP contribution in [0.1, 0.15) is 19.4 Å². The van der Waals surface area contributed by atoms with Gasteiger partial charge >= 0.3 is 0 Å². The number of nitrogens with zero attached hydrogens (tertiary/aromatic N) is 1. The molecule has 0 radical (unpaired) electrons. The Morgan fingerprint density at radius 3 is 2.33 bits per heavy atom. The lowest BCUT2D eigenvalue weighted by Gasteiger charge is -2.12. The summed E-state index contributed by atoms with van der Waals surface area (Å²) in [6.45, 7) is 4.51. The molecular weight excluding hydrogens is 182 g/mol. The molecule has 1 nitrogen and oxygen atoms in total. The van der Waals surface area contributed by atoms with Gasteiger partial charge in [-0.15, -0.1) is 0 Å². The van der Waals surface area contributed by atoms with Crippen LogP contribution in [0.2, 0.25) is 0 Å². The zero-order valence-corrected chi connectivity index (χ0v) is 9.35. The molecule has 1 heteroatoms. The van der Waals surface area contributed by atoms with Gasteiger partial charge in [-0.05, 0) is 36.1 Å². The predicted molar refractivity (Wildman–Crippen MR) is 64.3 cm³/mol. The molecule has 0 N–H and O–H groups in total. The van der Waals surface area contributed by atoms with Crippen molar-refractivity contribution in [3.05, 3.63) is 54.4 Å². The van der Waals surface area contributed by atoms with E-state index < -0.39 is 0 Å². The second-order valence-corrected chi connectivity index (χ2v) is 4.32. The normalized spacial score (nSPS) is 10.9. The molecule has 78 valence electrons. The average Bonchev–Trinajstić information content (AvgIpc) is 2.70. The van der Waals surface area contributed by atoms with Gasteiger partial charge in [-0.3, -0.25) is 0 Å². The van der Waals surface area contributed by atoms with E-state index in [0.717, 1.165) is 6.42 Å². The molecule has 2 rings (SSSR count). The molecule has 0 saturated heterocycles. The highest BCUT2D eigenvalue weighted by Gasteiger charge is 2.04. The number of hydrogen-bond acceptors (Lipinski definition) is 0. The molecule has 0 aliphatic carbocycles. The Kier molecular flexibility index (Phi) is 2.91. The number of para-hydroxylation sites is 1. The Labute approximate surface area is 91.4 Å². The van der Waals surface area contributed by atoms with E-state index in [2.05, 4.69) is 67.2 Å². The van der Waals surface area contributed by atoms with Crippen LogP contribution in [-0.2, 0) is 6.42 Å². The van der Waals surface area contributed by atoms with Crippen molar-refractivity contribution in [3.8, 4) is 5.69 Å². The molecule has 1 aromatic carbocycles. The molecule has 0 bridgehead atoms. The van der Waals surface area contributed by atoms with Crippen LogP contribution < -0.4 is 0 Å². The van der Waals surface area contributed by atoms with E-state index >= 15 is 0 Å². The van der Waals surface area contributed by atoms with Gasteiger partial charge in [-0.25, -0.2) is 0 Å². The summed E-state index contributed by atoms with van der Waals surface area (Å²) in [5.41, 5.74) is 2.72. The molecular formula is C14H17N. The summed E-state index contributed by atoms with van der Waals surface area (Å²) in [5.74, 6) is 0.696. The maximum Gasteiger partial charge on any atom is 0.0481 e. The van der Waals surface area contributed by atoms with Gasteiger partial charge in [-0.1, -0.05) is 32.0 Å². The SMILES string of the molecule is CC(C)Cc1ccccc1-n1cccc1. The van der Waals surface area contributed by atoms with Crippen LogP contribution in [0.5, 0.6) is 0 Å². The molecule has 2 aromatic rings. The van der Waals surface area contributed by atoms with Crippen LogP contribution in [0.15, 0.2) is 48.8 Å². The van der Waals surface area contributed by atoms with Crippen molar-refractivity contribution in [1.29, 1.82) is 0 Å². The first-order chi connectivity index (χ1) is 7.27. The summed E-state index contributed by atoms with van der Waals surface area (Å²) in [7, 11) is 0. The molecule has 0 unspecified atom stereocenters. The van der Waals surface area contributed by atoms with Crippen molar-refractivity contribution in [2.45, 2.75) is 20.3 Å². The van der Waals surface area contributed by atoms with E-state index in [9.17, 15) is 0 Å². The fraction of sp³-hybridized carbons (Fsp3) is 0.286. The fourth-order valence-corrected chi connectivity index (χ4v) is 1.87. The molecule has 0 atom stereocenters.